The first-order chi connectivity index (χ1) is 15.7. The Kier molecular flexibility index (Phi) is 6.16. The Balaban J connectivity index is 1.73. The van der Waals surface area contributed by atoms with Crippen molar-refractivity contribution in [2.45, 2.75) is 6.92 Å². The minimum absolute atomic E-state index is 0.177. The first kappa shape index (κ1) is 20.7. The molecule has 0 fully saturated rings. The molecule has 11 heteroatoms. The highest BCUT2D eigenvalue weighted by molar-refractivity contribution is 5.96. The smallest absolute Gasteiger partial charge is 0.343 e. The van der Waals surface area contributed by atoms with Gasteiger partial charge in [-0.15, -0.1) is 0 Å². The van der Waals surface area contributed by atoms with Crippen LogP contribution in [-0.2, 0) is 4.74 Å². The number of hydrogen-bond donors (Lipinski definition) is 3. The van der Waals surface area contributed by atoms with Crippen LogP contribution >= 0.6 is 0 Å². The fourth-order valence-corrected chi connectivity index (χ4v) is 2.97. The predicted octanol–water partition coefficient (Wildman–Crippen LogP) is 3.33. The van der Waals surface area contributed by atoms with Gasteiger partial charge in [-0.1, -0.05) is 6.07 Å². The molecule has 4 aromatic rings. The van der Waals surface area contributed by atoms with Crippen LogP contribution in [0.4, 0.5) is 23.1 Å². The van der Waals surface area contributed by atoms with Gasteiger partial charge in [-0.2, -0.15) is 10.1 Å². The van der Waals surface area contributed by atoms with Crippen LogP contribution in [0.5, 0.6) is 5.75 Å². The molecule has 0 atom stereocenters. The molecule has 0 aliphatic heterocycles. The molecule has 0 amide bonds. The summed E-state index contributed by atoms with van der Waals surface area (Å²) in [5, 5.41) is 12.9. The van der Waals surface area contributed by atoms with Gasteiger partial charge in [-0.05, 0) is 31.2 Å². The SMILES string of the molecule is CCOC(=O)c1cnc(Nc2cccnc2)nc1Nc1cccc(-c2ncn[nH]2)c1OC. The van der Waals surface area contributed by atoms with Crippen LogP contribution in [-0.4, -0.2) is 49.8 Å². The Hall–Kier alpha value is -4.54. The van der Waals surface area contributed by atoms with Crippen molar-refractivity contribution in [3.8, 4) is 17.1 Å². The number of esters is 1. The summed E-state index contributed by atoms with van der Waals surface area (Å²) in [6.07, 6.45) is 6.11. The van der Waals surface area contributed by atoms with E-state index in [2.05, 4.69) is 40.8 Å². The number of pyridine rings is 1. The number of rotatable bonds is 8. The number of benzene rings is 1. The monoisotopic (exact) mass is 432 g/mol. The number of ether oxygens (including phenoxy) is 2. The number of carbonyl (C=O) groups is 1. The van der Waals surface area contributed by atoms with Crippen molar-refractivity contribution in [3.05, 3.63) is 60.8 Å². The fourth-order valence-electron chi connectivity index (χ4n) is 2.97. The zero-order valence-corrected chi connectivity index (χ0v) is 17.4. The van der Waals surface area contributed by atoms with Crippen molar-refractivity contribution in [2.75, 3.05) is 24.4 Å². The minimum atomic E-state index is -0.548. The van der Waals surface area contributed by atoms with E-state index in [4.69, 9.17) is 9.47 Å². The Morgan fingerprint density at radius 1 is 1.12 bits per heavy atom. The van der Waals surface area contributed by atoms with E-state index >= 15 is 0 Å². The Labute approximate surface area is 183 Å². The number of para-hydroxylation sites is 1. The van der Waals surface area contributed by atoms with E-state index in [-0.39, 0.29) is 23.9 Å². The number of carbonyl (C=O) groups excluding carboxylic acids is 1. The molecular weight excluding hydrogens is 412 g/mol. The van der Waals surface area contributed by atoms with E-state index in [1.807, 2.05) is 18.2 Å². The second-order valence-electron chi connectivity index (χ2n) is 6.39. The van der Waals surface area contributed by atoms with Gasteiger partial charge in [-0.3, -0.25) is 10.1 Å². The van der Waals surface area contributed by atoms with Crippen LogP contribution in [0.3, 0.4) is 0 Å². The second-order valence-corrected chi connectivity index (χ2v) is 6.39. The summed E-state index contributed by atoms with van der Waals surface area (Å²) in [4.78, 5) is 29.5. The van der Waals surface area contributed by atoms with Gasteiger partial charge in [0.1, 0.15) is 11.9 Å². The topological polar surface area (TPSA) is 140 Å². The maximum atomic E-state index is 12.5. The maximum absolute atomic E-state index is 12.5. The molecule has 3 aromatic heterocycles. The summed E-state index contributed by atoms with van der Waals surface area (Å²) < 4.78 is 10.8. The predicted molar refractivity (Wildman–Crippen MR) is 117 cm³/mol. The highest BCUT2D eigenvalue weighted by Gasteiger charge is 2.19. The zero-order valence-electron chi connectivity index (χ0n) is 17.4. The number of nitrogens with one attached hydrogen (secondary N) is 3. The van der Waals surface area contributed by atoms with Crippen LogP contribution in [0.25, 0.3) is 11.4 Å². The summed E-state index contributed by atoms with van der Waals surface area (Å²) in [6.45, 7) is 1.95. The third kappa shape index (κ3) is 4.46. The molecule has 0 bridgehead atoms. The van der Waals surface area contributed by atoms with E-state index in [1.165, 1.54) is 12.5 Å². The van der Waals surface area contributed by atoms with Gasteiger partial charge in [0.05, 0.1) is 36.9 Å². The molecule has 4 rings (SSSR count). The summed E-state index contributed by atoms with van der Waals surface area (Å²) in [6, 6.07) is 9.07. The first-order valence-corrected chi connectivity index (χ1v) is 9.70. The van der Waals surface area contributed by atoms with Crippen LogP contribution in [0, 0.1) is 0 Å². The summed E-state index contributed by atoms with van der Waals surface area (Å²) in [5.41, 5.74) is 2.14. The third-order valence-electron chi connectivity index (χ3n) is 4.34. The molecule has 0 saturated heterocycles. The molecule has 0 spiro atoms. The fraction of sp³-hybridized carbons (Fsp3) is 0.143. The van der Waals surface area contributed by atoms with Crippen molar-refractivity contribution in [1.82, 2.24) is 30.1 Å². The lowest BCUT2D eigenvalue weighted by molar-refractivity contribution is 0.0526. The molecule has 0 aliphatic rings. The molecule has 32 heavy (non-hydrogen) atoms. The molecule has 0 saturated carbocycles. The van der Waals surface area contributed by atoms with Gasteiger partial charge in [0.2, 0.25) is 5.95 Å². The van der Waals surface area contributed by atoms with Gasteiger partial charge in [0.15, 0.2) is 17.4 Å². The zero-order chi connectivity index (χ0) is 22.3. The van der Waals surface area contributed by atoms with Crippen LogP contribution in [0.1, 0.15) is 17.3 Å². The highest BCUT2D eigenvalue weighted by Crippen LogP contribution is 2.36. The Bertz CT molecular complexity index is 1200. The maximum Gasteiger partial charge on any atom is 0.343 e. The molecule has 3 N–H and O–H groups in total. The van der Waals surface area contributed by atoms with Crippen molar-refractivity contribution in [1.29, 1.82) is 0 Å². The highest BCUT2D eigenvalue weighted by atomic mass is 16.5. The van der Waals surface area contributed by atoms with E-state index in [1.54, 1.807) is 38.6 Å². The number of H-pyrrole nitrogens is 1. The normalized spacial score (nSPS) is 10.4. The van der Waals surface area contributed by atoms with Crippen molar-refractivity contribution >= 4 is 29.1 Å². The largest absolute Gasteiger partial charge is 0.494 e. The number of methoxy groups -OCH3 is 1. The molecule has 0 aliphatic carbocycles. The standard InChI is InChI=1S/C21H20N8O3/c1-3-32-20(30)15-11-23-21(26-13-6-5-9-22-10-13)28-19(15)27-16-8-4-7-14(17(16)31-2)18-24-12-25-29-18/h4-12H,3H2,1-2H3,(H,24,25,29)(H2,23,26,27,28). The molecule has 1 aromatic carbocycles. The van der Waals surface area contributed by atoms with Crippen LogP contribution < -0.4 is 15.4 Å². The first-order valence-electron chi connectivity index (χ1n) is 9.70. The number of aromatic amines is 1. The summed E-state index contributed by atoms with van der Waals surface area (Å²) in [5.74, 6) is 1.02. The molecule has 0 unspecified atom stereocenters. The summed E-state index contributed by atoms with van der Waals surface area (Å²) >= 11 is 0. The van der Waals surface area contributed by atoms with Gasteiger partial charge in [0, 0.05) is 12.4 Å². The minimum Gasteiger partial charge on any atom is -0.494 e. The lowest BCUT2D eigenvalue weighted by Crippen LogP contribution is -2.12. The van der Waals surface area contributed by atoms with E-state index < -0.39 is 5.97 Å². The molecule has 11 nitrogen and oxygen atoms in total. The van der Waals surface area contributed by atoms with Crippen molar-refractivity contribution in [3.63, 3.8) is 0 Å². The molecule has 3 heterocycles. The average molecular weight is 432 g/mol. The van der Waals surface area contributed by atoms with E-state index in [0.29, 0.717) is 28.5 Å². The second kappa shape index (κ2) is 9.51. The Morgan fingerprint density at radius 3 is 2.75 bits per heavy atom. The number of hydrogen-bond acceptors (Lipinski definition) is 10. The van der Waals surface area contributed by atoms with Crippen molar-refractivity contribution < 1.29 is 14.3 Å². The molecule has 0 radical (unpaired) electrons. The van der Waals surface area contributed by atoms with Gasteiger partial charge in [-0.25, -0.2) is 14.8 Å². The van der Waals surface area contributed by atoms with E-state index in [0.717, 1.165) is 0 Å². The van der Waals surface area contributed by atoms with Crippen LogP contribution in [0.2, 0.25) is 0 Å². The number of nitrogens with zero attached hydrogens (tertiary/aromatic N) is 5. The summed E-state index contributed by atoms with van der Waals surface area (Å²) in [7, 11) is 1.54. The molecule has 162 valence electrons. The number of aromatic nitrogens is 6. The lowest BCUT2D eigenvalue weighted by atomic mass is 10.1. The average Bonchev–Trinajstić information content (AvgIpc) is 3.35. The quantitative estimate of drug-likeness (QED) is 0.355. The molecular formula is C21H20N8O3. The van der Waals surface area contributed by atoms with Gasteiger partial charge >= 0.3 is 5.97 Å². The van der Waals surface area contributed by atoms with E-state index in [9.17, 15) is 4.79 Å². The van der Waals surface area contributed by atoms with Crippen molar-refractivity contribution in [2.24, 2.45) is 0 Å². The number of anilines is 4. The third-order valence-corrected chi connectivity index (χ3v) is 4.34. The van der Waals surface area contributed by atoms with Gasteiger partial charge in [0.25, 0.3) is 0 Å². The Morgan fingerprint density at radius 2 is 2.03 bits per heavy atom. The lowest BCUT2D eigenvalue weighted by Gasteiger charge is -2.16. The van der Waals surface area contributed by atoms with Gasteiger partial charge < -0.3 is 20.1 Å². The van der Waals surface area contributed by atoms with Crippen LogP contribution in [0.15, 0.2) is 55.2 Å².